The van der Waals surface area contributed by atoms with E-state index in [0.717, 1.165) is 0 Å². The van der Waals surface area contributed by atoms with E-state index >= 15 is 0 Å². The summed E-state index contributed by atoms with van der Waals surface area (Å²) in [6.07, 6.45) is 1.33. The molecule has 1 amide bonds. The third-order valence-electron chi connectivity index (χ3n) is 4.90. The lowest BCUT2D eigenvalue weighted by Gasteiger charge is -2.42. The van der Waals surface area contributed by atoms with Gasteiger partial charge in [-0.05, 0) is 56.5 Å². The van der Waals surface area contributed by atoms with E-state index in [1.165, 1.54) is 6.07 Å². The molecule has 0 atom stereocenters. The number of nitrogens with two attached hydrogens (primary N) is 1. The zero-order valence-electron chi connectivity index (χ0n) is 15.2. The van der Waals surface area contributed by atoms with Crippen LogP contribution in [0.4, 0.5) is 0 Å². The van der Waals surface area contributed by atoms with Gasteiger partial charge in [0.25, 0.3) is 5.91 Å². The number of likely N-dealkylation sites (N-methyl/N-ethyl adjacent to an activating group) is 1. The Morgan fingerprint density at radius 1 is 1.31 bits per heavy atom. The second-order valence-corrected chi connectivity index (χ2v) is 8.24. The number of primary sulfonamides is 1. The second-order valence-electron chi connectivity index (χ2n) is 6.71. The molecule has 2 rings (SSSR count). The van der Waals surface area contributed by atoms with Crippen molar-refractivity contribution in [2.45, 2.75) is 50.6 Å². The first-order chi connectivity index (χ1) is 12.0. The molecule has 1 saturated carbocycles. The Kier molecular flexibility index (Phi) is 6.05. The number of aryl methyl sites for hydroxylation is 1. The van der Waals surface area contributed by atoms with E-state index in [-0.39, 0.29) is 35.0 Å². The summed E-state index contributed by atoms with van der Waals surface area (Å²) in [6, 6.07) is 3.00. The van der Waals surface area contributed by atoms with Gasteiger partial charge in [-0.15, -0.1) is 0 Å². The first kappa shape index (κ1) is 20.3. The first-order valence-corrected chi connectivity index (χ1v) is 9.98. The maximum atomic E-state index is 12.5. The number of rotatable bonds is 7. The SMILES string of the molecule is CCN(CC(=O)O)C1CC(NC(=O)c2cc(C)c(C)c(S(N)(=O)=O)c2)C1. The highest BCUT2D eigenvalue weighted by Crippen LogP contribution is 2.26. The quantitative estimate of drug-likeness (QED) is 0.633. The summed E-state index contributed by atoms with van der Waals surface area (Å²) in [7, 11) is -3.91. The van der Waals surface area contributed by atoms with Gasteiger partial charge in [-0.25, -0.2) is 13.6 Å². The number of nitrogens with zero attached hydrogens (tertiary/aromatic N) is 1. The van der Waals surface area contributed by atoms with E-state index in [4.69, 9.17) is 10.2 Å². The van der Waals surface area contributed by atoms with Gasteiger partial charge in [0, 0.05) is 17.6 Å². The third-order valence-corrected chi connectivity index (χ3v) is 5.93. The van der Waals surface area contributed by atoms with Crippen LogP contribution in [0, 0.1) is 13.8 Å². The molecule has 0 unspecified atom stereocenters. The first-order valence-electron chi connectivity index (χ1n) is 8.43. The Labute approximate surface area is 153 Å². The van der Waals surface area contributed by atoms with Gasteiger partial charge in [-0.3, -0.25) is 14.5 Å². The highest BCUT2D eigenvalue weighted by atomic mass is 32.2. The Bertz CT molecular complexity index is 816. The van der Waals surface area contributed by atoms with Gasteiger partial charge in [-0.2, -0.15) is 0 Å². The Morgan fingerprint density at radius 3 is 2.42 bits per heavy atom. The van der Waals surface area contributed by atoms with Crippen LogP contribution in [0.5, 0.6) is 0 Å². The molecule has 0 heterocycles. The smallest absolute Gasteiger partial charge is 0.317 e. The zero-order chi connectivity index (χ0) is 19.6. The van der Waals surface area contributed by atoms with Crippen molar-refractivity contribution in [2.24, 2.45) is 5.14 Å². The van der Waals surface area contributed by atoms with E-state index in [0.29, 0.717) is 30.5 Å². The average molecular weight is 383 g/mol. The fourth-order valence-corrected chi connectivity index (χ4v) is 4.08. The molecule has 0 radical (unpaired) electrons. The molecular weight excluding hydrogens is 358 g/mol. The molecule has 26 heavy (non-hydrogen) atoms. The van der Waals surface area contributed by atoms with E-state index in [9.17, 15) is 18.0 Å². The van der Waals surface area contributed by atoms with E-state index in [1.54, 1.807) is 19.9 Å². The van der Waals surface area contributed by atoms with Gasteiger partial charge in [-0.1, -0.05) is 6.92 Å². The zero-order valence-corrected chi connectivity index (χ0v) is 16.0. The van der Waals surface area contributed by atoms with Crippen molar-refractivity contribution in [3.63, 3.8) is 0 Å². The van der Waals surface area contributed by atoms with Crippen LogP contribution in [0.2, 0.25) is 0 Å². The lowest BCUT2D eigenvalue weighted by Crippen LogP contribution is -2.54. The number of carboxylic acids is 1. The lowest BCUT2D eigenvalue weighted by molar-refractivity contribution is -0.139. The minimum atomic E-state index is -3.91. The number of aliphatic carboxylic acids is 1. The van der Waals surface area contributed by atoms with Crippen molar-refractivity contribution < 1.29 is 23.1 Å². The molecule has 1 aliphatic carbocycles. The molecule has 1 aromatic carbocycles. The maximum absolute atomic E-state index is 12.5. The normalized spacial score (nSPS) is 19.9. The van der Waals surface area contributed by atoms with Crippen LogP contribution >= 0.6 is 0 Å². The number of carboxylic acid groups (broad SMARTS) is 1. The molecular formula is C17H25N3O5S. The molecule has 9 heteroatoms. The predicted molar refractivity (Wildman–Crippen MR) is 96.4 cm³/mol. The van der Waals surface area contributed by atoms with Crippen LogP contribution in [0.1, 0.15) is 41.3 Å². The molecule has 0 aromatic heterocycles. The number of sulfonamides is 1. The van der Waals surface area contributed by atoms with E-state index < -0.39 is 16.0 Å². The monoisotopic (exact) mass is 383 g/mol. The Balaban J connectivity index is 2.04. The van der Waals surface area contributed by atoms with Crippen molar-refractivity contribution in [3.05, 3.63) is 28.8 Å². The van der Waals surface area contributed by atoms with Crippen LogP contribution in [0.3, 0.4) is 0 Å². The van der Waals surface area contributed by atoms with Gasteiger partial charge >= 0.3 is 5.97 Å². The second kappa shape index (κ2) is 7.73. The number of carbonyl (C=O) groups excluding carboxylic acids is 1. The minimum absolute atomic E-state index is 0.0172. The van der Waals surface area contributed by atoms with Crippen molar-refractivity contribution in [1.29, 1.82) is 0 Å². The van der Waals surface area contributed by atoms with Crippen LogP contribution < -0.4 is 10.5 Å². The average Bonchev–Trinajstić information content (AvgIpc) is 2.49. The molecule has 1 fully saturated rings. The third kappa shape index (κ3) is 4.60. The number of benzene rings is 1. The van der Waals surface area contributed by atoms with Crippen molar-refractivity contribution in [2.75, 3.05) is 13.1 Å². The molecule has 1 aliphatic rings. The van der Waals surface area contributed by atoms with Crippen LogP contribution in [-0.2, 0) is 14.8 Å². The standard InChI is InChI=1S/C17H25N3O5S/c1-4-20(9-16(21)22)14-7-13(8-14)19-17(23)12-5-10(2)11(3)15(6-12)26(18,24)25/h5-6,13-14H,4,7-9H2,1-3H3,(H,19,23)(H,21,22)(H2,18,24,25). The van der Waals surface area contributed by atoms with Crippen molar-refractivity contribution >= 4 is 21.9 Å². The van der Waals surface area contributed by atoms with Crippen molar-refractivity contribution in [1.82, 2.24) is 10.2 Å². The largest absolute Gasteiger partial charge is 0.480 e. The predicted octanol–water partition coefficient (Wildman–Crippen LogP) is 0.618. The summed E-state index contributed by atoms with van der Waals surface area (Å²) in [5.41, 5.74) is 1.45. The molecule has 1 aromatic rings. The van der Waals surface area contributed by atoms with Crippen LogP contribution in [-0.4, -0.2) is 55.5 Å². The summed E-state index contributed by atoms with van der Waals surface area (Å²) in [6.45, 7) is 5.89. The topological polar surface area (TPSA) is 130 Å². The number of hydrogen-bond acceptors (Lipinski definition) is 5. The van der Waals surface area contributed by atoms with Gasteiger partial charge in [0.05, 0.1) is 11.4 Å². The Morgan fingerprint density at radius 2 is 1.92 bits per heavy atom. The summed E-state index contributed by atoms with van der Waals surface area (Å²) in [5, 5.41) is 17.0. The van der Waals surface area contributed by atoms with Gasteiger partial charge in [0.2, 0.25) is 10.0 Å². The van der Waals surface area contributed by atoms with Gasteiger partial charge in [0.15, 0.2) is 0 Å². The highest BCUT2D eigenvalue weighted by molar-refractivity contribution is 7.89. The molecule has 0 spiro atoms. The number of nitrogens with one attached hydrogen (secondary N) is 1. The summed E-state index contributed by atoms with van der Waals surface area (Å²) in [4.78, 5) is 25.1. The number of carbonyl (C=O) groups is 2. The number of hydrogen-bond donors (Lipinski definition) is 3. The summed E-state index contributed by atoms with van der Waals surface area (Å²) in [5.74, 6) is -1.23. The molecule has 4 N–H and O–H groups in total. The Hall–Kier alpha value is -1.97. The maximum Gasteiger partial charge on any atom is 0.317 e. The summed E-state index contributed by atoms with van der Waals surface area (Å²) < 4.78 is 23.4. The number of amides is 1. The molecule has 0 bridgehead atoms. The van der Waals surface area contributed by atoms with Crippen LogP contribution in [0.15, 0.2) is 17.0 Å². The van der Waals surface area contributed by atoms with E-state index in [2.05, 4.69) is 5.32 Å². The minimum Gasteiger partial charge on any atom is -0.480 e. The van der Waals surface area contributed by atoms with Crippen molar-refractivity contribution in [3.8, 4) is 0 Å². The fourth-order valence-electron chi connectivity index (χ4n) is 3.20. The molecule has 0 aliphatic heterocycles. The summed E-state index contributed by atoms with van der Waals surface area (Å²) >= 11 is 0. The lowest BCUT2D eigenvalue weighted by atomic mass is 9.85. The van der Waals surface area contributed by atoms with Gasteiger partial charge in [0.1, 0.15) is 0 Å². The van der Waals surface area contributed by atoms with Gasteiger partial charge < -0.3 is 10.4 Å². The molecule has 0 saturated heterocycles. The fraction of sp³-hybridized carbons (Fsp3) is 0.529. The van der Waals surface area contributed by atoms with Crippen LogP contribution in [0.25, 0.3) is 0 Å². The molecule has 8 nitrogen and oxygen atoms in total. The van der Waals surface area contributed by atoms with E-state index in [1.807, 2.05) is 11.8 Å². The molecule has 144 valence electrons. The highest BCUT2D eigenvalue weighted by Gasteiger charge is 2.35.